The van der Waals surface area contributed by atoms with Crippen molar-refractivity contribution in [2.24, 2.45) is 0 Å². The first-order chi connectivity index (χ1) is 7.77. The van der Waals surface area contributed by atoms with E-state index < -0.39 is 0 Å². The Morgan fingerprint density at radius 2 is 1.62 bits per heavy atom. The Bertz CT molecular complexity index is 216. The number of nitrogens with zero attached hydrogens (tertiary/aromatic N) is 1. The molecule has 0 bridgehead atoms. The molecule has 0 aliphatic carbocycles. The third kappa shape index (κ3) is 1.88. The van der Waals surface area contributed by atoms with Crippen LogP contribution in [-0.2, 0) is 14.2 Å². The molecule has 0 N–H and O–H groups in total. The van der Waals surface area contributed by atoms with Crippen LogP contribution >= 0.6 is 0 Å². The summed E-state index contributed by atoms with van der Waals surface area (Å²) in [7, 11) is 1.75. The van der Waals surface area contributed by atoms with Gasteiger partial charge in [0, 0.05) is 7.11 Å². The van der Waals surface area contributed by atoms with Crippen molar-refractivity contribution in [3.8, 4) is 0 Å². The highest BCUT2D eigenvalue weighted by Gasteiger charge is 2.55. The molecule has 0 amide bonds. The molecule has 2 saturated heterocycles. The van der Waals surface area contributed by atoms with Crippen LogP contribution in [0.3, 0.4) is 0 Å². The molecular weight excluding hydrogens is 206 g/mol. The van der Waals surface area contributed by atoms with Crippen LogP contribution in [0.5, 0.6) is 0 Å². The average molecular weight is 229 g/mol. The van der Waals surface area contributed by atoms with Gasteiger partial charge in [0.2, 0.25) is 0 Å². The van der Waals surface area contributed by atoms with E-state index in [-0.39, 0.29) is 18.2 Å². The molecule has 2 heterocycles. The number of fused-ring (bicyclic) bond motifs is 1. The molecule has 94 valence electrons. The van der Waals surface area contributed by atoms with Crippen LogP contribution in [0.2, 0.25) is 0 Å². The average Bonchev–Trinajstić information content (AvgIpc) is 2.81. The molecule has 0 aromatic heterocycles. The quantitative estimate of drug-likeness (QED) is 0.721. The van der Waals surface area contributed by atoms with Crippen LogP contribution in [0.25, 0.3) is 0 Å². The molecule has 4 heteroatoms. The lowest BCUT2D eigenvalue weighted by Gasteiger charge is -2.32. The van der Waals surface area contributed by atoms with Gasteiger partial charge >= 0.3 is 0 Å². The zero-order valence-electron chi connectivity index (χ0n) is 10.6. The molecule has 4 nitrogen and oxygen atoms in total. The summed E-state index contributed by atoms with van der Waals surface area (Å²) < 4.78 is 17.4. The normalized spacial score (nSPS) is 39.2. The Labute approximate surface area is 97.8 Å². The Hall–Kier alpha value is -0.160. The monoisotopic (exact) mass is 229 g/mol. The van der Waals surface area contributed by atoms with Crippen LogP contribution < -0.4 is 0 Å². The molecule has 2 aliphatic rings. The zero-order valence-corrected chi connectivity index (χ0v) is 10.6. The van der Waals surface area contributed by atoms with E-state index in [1.807, 2.05) is 0 Å². The highest BCUT2D eigenvalue weighted by Crippen LogP contribution is 2.39. The first kappa shape index (κ1) is 12.3. The van der Waals surface area contributed by atoms with Crippen LogP contribution in [0.15, 0.2) is 0 Å². The van der Waals surface area contributed by atoms with Crippen LogP contribution in [0.4, 0.5) is 0 Å². The Morgan fingerprint density at radius 1 is 1.12 bits per heavy atom. The molecule has 0 spiro atoms. The van der Waals surface area contributed by atoms with E-state index in [2.05, 4.69) is 18.7 Å². The highest BCUT2D eigenvalue weighted by molar-refractivity contribution is 4.95. The van der Waals surface area contributed by atoms with Gasteiger partial charge in [-0.05, 0) is 12.8 Å². The largest absolute Gasteiger partial charge is 0.359 e. The van der Waals surface area contributed by atoms with E-state index in [1.165, 1.54) is 0 Å². The fourth-order valence-corrected chi connectivity index (χ4v) is 2.68. The Morgan fingerprint density at radius 3 is 2.00 bits per heavy atom. The Balaban J connectivity index is 2.11. The lowest BCUT2D eigenvalue weighted by atomic mass is 10.2. The fourth-order valence-electron chi connectivity index (χ4n) is 2.68. The van der Waals surface area contributed by atoms with E-state index in [0.29, 0.717) is 13.2 Å². The minimum absolute atomic E-state index is 0.170. The van der Waals surface area contributed by atoms with Gasteiger partial charge in [-0.25, -0.2) is 4.90 Å². The third-order valence-electron chi connectivity index (χ3n) is 3.54. The number of hydrogen-bond donors (Lipinski definition) is 0. The summed E-state index contributed by atoms with van der Waals surface area (Å²) in [5, 5.41) is 0. The highest BCUT2D eigenvalue weighted by atomic mass is 16.6. The SMILES string of the molecule is CCCC1OCC2(OC)COC(CCC)N12. The van der Waals surface area contributed by atoms with Crippen molar-refractivity contribution < 1.29 is 14.2 Å². The number of rotatable bonds is 5. The minimum Gasteiger partial charge on any atom is -0.359 e. The molecule has 2 rings (SSSR count). The van der Waals surface area contributed by atoms with Crippen molar-refractivity contribution in [3.63, 3.8) is 0 Å². The van der Waals surface area contributed by atoms with Crippen LogP contribution in [0.1, 0.15) is 39.5 Å². The second kappa shape index (κ2) is 5.00. The molecule has 2 atom stereocenters. The van der Waals surface area contributed by atoms with Crippen molar-refractivity contribution in [3.05, 3.63) is 0 Å². The van der Waals surface area contributed by atoms with E-state index in [4.69, 9.17) is 14.2 Å². The van der Waals surface area contributed by atoms with E-state index >= 15 is 0 Å². The summed E-state index contributed by atoms with van der Waals surface area (Å²) in [5.41, 5.74) is -0.320. The second-order valence-corrected chi connectivity index (χ2v) is 4.67. The first-order valence-corrected chi connectivity index (χ1v) is 6.34. The summed E-state index contributed by atoms with van der Waals surface area (Å²) in [6.45, 7) is 5.63. The van der Waals surface area contributed by atoms with Crippen LogP contribution in [-0.4, -0.2) is 43.4 Å². The van der Waals surface area contributed by atoms with Crippen molar-refractivity contribution in [2.75, 3.05) is 20.3 Å². The number of ether oxygens (including phenoxy) is 3. The minimum atomic E-state index is -0.320. The van der Waals surface area contributed by atoms with Crippen LogP contribution in [0, 0.1) is 0 Å². The number of hydrogen-bond acceptors (Lipinski definition) is 4. The predicted octanol–water partition coefficient (Wildman–Crippen LogP) is 1.94. The maximum Gasteiger partial charge on any atom is 0.172 e. The smallest absolute Gasteiger partial charge is 0.172 e. The van der Waals surface area contributed by atoms with Gasteiger partial charge in [-0.15, -0.1) is 0 Å². The van der Waals surface area contributed by atoms with E-state index in [0.717, 1.165) is 25.7 Å². The van der Waals surface area contributed by atoms with Gasteiger partial charge in [-0.3, -0.25) is 0 Å². The summed E-state index contributed by atoms with van der Waals surface area (Å²) in [6.07, 6.45) is 4.69. The zero-order chi connectivity index (χ0) is 11.6. The standard InChI is InChI=1S/C12H23NO3/c1-4-6-10-13-11(7-5-2)16-9-12(13,14-3)8-15-10/h10-11H,4-9H2,1-3H3. The van der Waals surface area contributed by atoms with Gasteiger partial charge in [0.25, 0.3) is 0 Å². The Kier molecular flexibility index (Phi) is 3.85. The summed E-state index contributed by atoms with van der Waals surface area (Å²) in [6, 6.07) is 0. The molecule has 2 aliphatic heterocycles. The van der Waals surface area contributed by atoms with E-state index in [9.17, 15) is 0 Å². The van der Waals surface area contributed by atoms with Crippen molar-refractivity contribution in [1.29, 1.82) is 0 Å². The molecule has 16 heavy (non-hydrogen) atoms. The molecule has 2 unspecified atom stereocenters. The molecule has 0 aromatic rings. The fraction of sp³-hybridized carbons (Fsp3) is 1.00. The van der Waals surface area contributed by atoms with Crippen molar-refractivity contribution >= 4 is 0 Å². The third-order valence-corrected chi connectivity index (χ3v) is 3.54. The molecule has 2 fully saturated rings. The van der Waals surface area contributed by atoms with Gasteiger partial charge in [-0.2, -0.15) is 0 Å². The summed E-state index contributed by atoms with van der Waals surface area (Å²) >= 11 is 0. The van der Waals surface area contributed by atoms with E-state index in [1.54, 1.807) is 7.11 Å². The summed E-state index contributed by atoms with van der Waals surface area (Å²) in [4.78, 5) is 2.31. The molecular formula is C12H23NO3. The van der Waals surface area contributed by atoms with Crippen molar-refractivity contribution in [1.82, 2.24) is 4.90 Å². The molecule has 0 saturated carbocycles. The van der Waals surface area contributed by atoms with Gasteiger partial charge in [0.1, 0.15) is 12.5 Å². The summed E-state index contributed by atoms with van der Waals surface area (Å²) in [5.74, 6) is 0. The van der Waals surface area contributed by atoms with Gasteiger partial charge in [-0.1, -0.05) is 26.7 Å². The lowest BCUT2D eigenvalue weighted by molar-refractivity contribution is -0.101. The second-order valence-electron chi connectivity index (χ2n) is 4.67. The first-order valence-electron chi connectivity index (χ1n) is 6.34. The lowest BCUT2D eigenvalue weighted by Crippen LogP contribution is -2.50. The molecule has 0 aromatic carbocycles. The molecule has 0 radical (unpaired) electrons. The van der Waals surface area contributed by atoms with Gasteiger partial charge in [0.05, 0.1) is 13.2 Å². The maximum absolute atomic E-state index is 5.85. The number of methoxy groups -OCH3 is 1. The maximum atomic E-state index is 5.85. The van der Waals surface area contributed by atoms with Gasteiger partial charge in [0.15, 0.2) is 5.72 Å². The van der Waals surface area contributed by atoms with Gasteiger partial charge < -0.3 is 14.2 Å². The predicted molar refractivity (Wildman–Crippen MR) is 60.9 cm³/mol. The van der Waals surface area contributed by atoms with Crippen molar-refractivity contribution in [2.45, 2.75) is 57.7 Å². The topological polar surface area (TPSA) is 30.9 Å².